The molecule has 0 heterocycles. The van der Waals surface area contributed by atoms with Gasteiger partial charge in [-0.2, -0.15) is 0 Å². The van der Waals surface area contributed by atoms with Crippen LogP contribution in [-0.2, 0) is 35.2 Å². The molecule has 0 fully saturated rings. The van der Waals surface area contributed by atoms with Gasteiger partial charge < -0.3 is 30.5 Å². The number of hydrogen-bond donors (Lipinski definition) is 4. The van der Waals surface area contributed by atoms with E-state index in [1.165, 1.54) is 5.56 Å². The van der Waals surface area contributed by atoms with E-state index in [2.05, 4.69) is 53.9 Å². The molecule has 0 radical (unpaired) electrons. The van der Waals surface area contributed by atoms with Crippen LogP contribution in [0.3, 0.4) is 0 Å². The van der Waals surface area contributed by atoms with Crippen LogP contribution in [0.4, 0.5) is 4.79 Å². The number of nitrogens with one attached hydrogen (secondary N) is 2. The molecule has 0 saturated carbocycles. The lowest BCUT2D eigenvalue weighted by Gasteiger charge is -2.30. The molecule has 5 atom stereocenters. The molecule has 3 aromatic carbocycles. The van der Waals surface area contributed by atoms with Gasteiger partial charge >= 0.3 is 6.09 Å². The molecule has 2 amide bonds. The first-order valence-corrected chi connectivity index (χ1v) is 16.4. The Hall–Kier alpha value is -3.72. The van der Waals surface area contributed by atoms with E-state index in [9.17, 15) is 19.8 Å². The summed E-state index contributed by atoms with van der Waals surface area (Å²) in [6.07, 6.45) is 0.977. The van der Waals surface area contributed by atoms with Crippen molar-refractivity contribution in [2.45, 2.75) is 89.2 Å². The topological polar surface area (TPSA) is 111 Å². The quantitative estimate of drug-likeness (QED) is 0.200. The molecular weight excluding hydrogens is 578 g/mol. The van der Waals surface area contributed by atoms with E-state index in [-0.39, 0.29) is 12.3 Å². The van der Waals surface area contributed by atoms with Gasteiger partial charge in [0.25, 0.3) is 0 Å². The molecule has 1 aliphatic rings. The number of alkyl carbamates (subject to hydrolysis) is 1. The van der Waals surface area contributed by atoms with Crippen LogP contribution < -0.4 is 10.6 Å². The maximum absolute atomic E-state index is 14.0. The van der Waals surface area contributed by atoms with Gasteiger partial charge in [0.15, 0.2) is 0 Å². The van der Waals surface area contributed by atoms with Crippen LogP contribution in [0.15, 0.2) is 78.9 Å². The van der Waals surface area contributed by atoms with Gasteiger partial charge in [0, 0.05) is 12.3 Å². The highest BCUT2D eigenvalue weighted by molar-refractivity contribution is 5.80. The van der Waals surface area contributed by atoms with Gasteiger partial charge in [-0.3, -0.25) is 4.79 Å². The summed E-state index contributed by atoms with van der Waals surface area (Å²) in [7, 11) is 4.14. The summed E-state index contributed by atoms with van der Waals surface area (Å²) >= 11 is 0. The molecular formula is C38H51N3O5. The van der Waals surface area contributed by atoms with E-state index in [1.807, 2.05) is 54.6 Å². The molecule has 1 aliphatic carbocycles. The zero-order valence-electron chi connectivity index (χ0n) is 27.9. The number of hydrogen-bond acceptors (Lipinski definition) is 6. The zero-order valence-corrected chi connectivity index (χ0v) is 27.9. The SMILES string of the molecule is CN(C)CCCc1ccc(CC(CC(O)C(Cc2ccccc2)NC(=O)OC(C)(C)C)C(=O)N[C@H]2c3ccccc3C[C@@H]2O)cc1. The second kappa shape index (κ2) is 16.2. The summed E-state index contributed by atoms with van der Waals surface area (Å²) in [4.78, 5) is 29.0. The molecule has 46 heavy (non-hydrogen) atoms. The fourth-order valence-corrected chi connectivity index (χ4v) is 6.09. The number of carbonyl (C=O) groups is 2. The Morgan fingerprint density at radius 2 is 1.54 bits per heavy atom. The van der Waals surface area contributed by atoms with E-state index in [4.69, 9.17) is 4.74 Å². The van der Waals surface area contributed by atoms with Crippen molar-refractivity contribution in [1.82, 2.24) is 15.5 Å². The van der Waals surface area contributed by atoms with Crippen LogP contribution in [0.25, 0.3) is 0 Å². The van der Waals surface area contributed by atoms with Crippen molar-refractivity contribution in [1.29, 1.82) is 0 Å². The molecule has 0 bridgehead atoms. The van der Waals surface area contributed by atoms with Gasteiger partial charge in [0.05, 0.1) is 24.3 Å². The van der Waals surface area contributed by atoms with Crippen LogP contribution >= 0.6 is 0 Å². The molecule has 3 aromatic rings. The number of aliphatic hydroxyl groups excluding tert-OH is 2. The van der Waals surface area contributed by atoms with Crippen LogP contribution in [0.5, 0.6) is 0 Å². The van der Waals surface area contributed by atoms with Crippen molar-refractivity contribution in [3.63, 3.8) is 0 Å². The summed E-state index contributed by atoms with van der Waals surface area (Å²) in [5.41, 5.74) is 4.40. The van der Waals surface area contributed by atoms with E-state index in [1.54, 1.807) is 20.8 Å². The van der Waals surface area contributed by atoms with Crippen LogP contribution in [0.1, 0.15) is 67.5 Å². The number of ether oxygens (including phenoxy) is 1. The smallest absolute Gasteiger partial charge is 0.407 e. The van der Waals surface area contributed by atoms with Gasteiger partial charge in [0.1, 0.15) is 5.60 Å². The predicted octanol–water partition coefficient (Wildman–Crippen LogP) is 5.00. The number of amides is 2. The van der Waals surface area contributed by atoms with Gasteiger partial charge in [-0.15, -0.1) is 0 Å². The highest BCUT2D eigenvalue weighted by Gasteiger charge is 2.35. The molecule has 0 spiro atoms. The third-order valence-corrected chi connectivity index (χ3v) is 8.44. The Balaban J connectivity index is 1.55. The maximum atomic E-state index is 14.0. The number of benzene rings is 3. The van der Waals surface area contributed by atoms with E-state index in [0.717, 1.165) is 41.6 Å². The number of aryl methyl sites for hydroxylation is 1. The van der Waals surface area contributed by atoms with Crippen molar-refractivity contribution < 1.29 is 24.5 Å². The lowest BCUT2D eigenvalue weighted by Crippen LogP contribution is -2.48. The van der Waals surface area contributed by atoms with Gasteiger partial charge in [0.2, 0.25) is 5.91 Å². The van der Waals surface area contributed by atoms with E-state index >= 15 is 0 Å². The molecule has 0 aromatic heterocycles. The van der Waals surface area contributed by atoms with Crippen molar-refractivity contribution in [2.24, 2.45) is 5.92 Å². The number of fused-ring (bicyclic) bond motifs is 1. The van der Waals surface area contributed by atoms with Crippen molar-refractivity contribution in [3.8, 4) is 0 Å². The van der Waals surface area contributed by atoms with E-state index < -0.39 is 41.9 Å². The normalized spacial score (nSPS) is 18.0. The first kappa shape index (κ1) is 35.1. The van der Waals surface area contributed by atoms with Gasteiger partial charge in [-0.25, -0.2) is 4.79 Å². The number of aliphatic hydroxyl groups is 2. The Morgan fingerprint density at radius 1 is 0.913 bits per heavy atom. The molecule has 8 heteroatoms. The predicted molar refractivity (Wildman–Crippen MR) is 181 cm³/mol. The average Bonchev–Trinajstić information content (AvgIpc) is 3.31. The summed E-state index contributed by atoms with van der Waals surface area (Å²) in [5, 5.41) is 28.5. The second-order valence-electron chi connectivity index (χ2n) is 13.8. The van der Waals surface area contributed by atoms with Crippen LogP contribution in [0, 0.1) is 5.92 Å². The molecule has 0 saturated heterocycles. The molecule has 3 unspecified atom stereocenters. The minimum atomic E-state index is -1.05. The largest absolute Gasteiger partial charge is 0.444 e. The lowest BCUT2D eigenvalue weighted by molar-refractivity contribution is -0.127. The first-order valence-electron chi connectivity index (χ1n) is 16.4. The van der Waals surface area contributed by atoms with Crippen LogP contribution in [-0.4, -0.2) is 71.6 Å². The molecule has 248 valence electrons. The van der Waals surface area contributed by atoms with Crippen molar-refractivity contribution in [3.05, 3.63) is 107 Å². The minimum absolute atomic E-state index is 0.105. The standard InChI is InChI=1S/C38H51N3O5/c1-38(2,3)46-37(45)39-32(23-27-12-7-6-8-13-27)33(42)25-30(22-28-19-17-26(18-20-28)14-11-21-41(4)5)36(44)40-35-31-16-10-9-15-29(31)24-34(35)43/h6-10,12-13,15-20,30,32-35,42-43H,11,14,21-25H2,1-5H3,(H,39,45)(H,40,44)/t30?,32?,33?,34-,35-/m0/s1. The molecule has 4 N–H and O–H groups in total. The fourth-order valence-electron chi connectivity index (χ4n) is 6.09. The van der Waals surface area contributed by atoms with E-state index in [0.29, 0.717) is 19.3 Å². The third-order valence-electron chi connectivity index (χ3n) is 8.44. The molecule has 0 aliphatic heterocycles. The molecule has 4 rings (SSSR count). The summed E-state index contributed by atoms with van der Waals surface area (Å²) in [5.74, 6) is -0.862. The monoisotopic (exact) mass is 629 g/mol. The fraction of sp³-hybridized carbons (Fsp3) is 0.474. The average molecular weight is 630 g/mol. The number of nitrogens with zero attached hydrogens (tertiary/aromatic N) is 1. The van der Waals surface area contributed by atoms with Crippen molar-refractivity contribution >= 4 is 12.0 Å². The van der Waals surface area contributed by atoms with Crippen molar-refractivity contribution in [2.75, 3.05) is 20.6 Å². The third kappa shape index (κ3) is 10.7. The second-order valence-corrected chi connectivity index (χ2v) is 13.8. The first-order chi connectivity index (χ1) is 21.9. The highest BCUT2D eigenvalue weighted by Crippen LogP contribution is 2.32. The Bertz CT molecular complexity index is 1400. The Labute approximate surface area is 274 Å². The summed E-state index contributed by atoms with van der Waals surface area (Å²) in [6, 6.07) is 24.5. The number of carbonyl (C=O) groups excluding carboxylic acids is 2. The summed E-state index contributed by atoms with van der Waals surface area (Å²) < 4.78 is 5.52. The minimum Gasteiger partial charge on any atom is -0.444 e. The highest BCUT2D eigenvalue weighted by atomic mass is 16.6. The Kier molecular flexibility index (Phi) is 12.4. The summed E-state index contributed by atoms with van der Waals surface area (Å²) in [6.45, 7) is 6.38. The zero-order chi connectivity index (χ0) is 33.3. The number of rotatable bonds is 14. The van der Waals surface area contributed by atoms with Gasteiger partial charge in [-0.05, 0) is 101 Å². The molecule has 8 nitrogen and oxygen atoms in total. The van der Waals surface area contributed by atoms with Gasteiger partial charge in [-0.1, -0.05) is 78.9 Å². The maximum Gasteiger partial charge on any atom is 0.407 e. The Morgan fingerprint density at radius 3 is 2.22 bits per heavy atom. The van der Waals surface area contributed by atoms with Crippen LogP contribution in [0.2, 0.25) is 0 Å². The lowest BCUT2D eigenvalue weighted by atomic mass is 9.88.